The molecule has 1 amide bonds. The molecule has 2 saturated heterocycles. The highest BCUT2D eigenvalue weighted by Crippen LogP contribution is 2.32. The summed E-state index contributed by atoms with van der Waals surface area (Å²) in [5, 5.41) is 5.04. The zero-order valence-electron chi connectivity index (χ0n) is 19.0. The molecule has 2 aliphatic heterocycles. The molecule has 7 nitrogen and oxygen atoms in total. The van der Waals surface area contributed by atoms with E-state index in [2.05, 4.69) is 10.2 Å². The van der Waals surface area contributed by atoms with Crippen molar-refractivity contribution in [2.45, 2.75) is 30.0 Å². The van der Waals surface area contributed by atoms with Gasteiger partial charge in [-0.1, -0.05) is 12.1 Å². The summed E-state index contributed by atoms with van der Waals surface area (Å²) >= 11 is 1.64. The Balaban J connectivity index is 1.34. The maximum absolute atomic E-state index is 13.0. The van der Waals surface area contributed by atoms with Gasteiger partial charge in [-0.05, 0) is 42.5 Å². The van der Waals surface area contributed by atoms with Gasteiger partial charge in [-0.15, -0.1) is 11.3 Å². The van der Waals surface area contributed by atoms with E-state index in [1.807, 2.05) is 17.5 Å². The molecule has 192 valence electrons. The Morgan fingerprint density at radius 2 is 1.83 bits per heavy atom. The summed E-state index contributed by atoms with van der Waals surface area (Å²) < 4.78 is 71.5. The first-order valence-corrected chi connectivity index (χ1v) is 13.8. The summed E-state index contributed by atoms with van der Waals surface area (Å²) in [7, 11) is -4.08. The molecule has 2 aromatic rings. The fourth-order valence-electron chi connectivity index (χ4n) is 4.46. The van der Waals surface area contributed by atoms with Gasteiger partial charge in [0.25, 0.3) is 0 Å². The number of hydrogen-bond donors (Lipinski definition) is 1. The van der Waals surface area contributed by atoms with Crippen LogP contribution < -0.4 is 5.32 Å². The standard InChI is InChI=1S/C23H28F3N3O4S2/c24-23(25,26)18-3-1-4-19(15-18)35(31,32)29-8-6-17(7-9-29)22(30)27-16-20(21-5-2-14-34-21)28-10-12-33-13-11-28/h1-5,14-15,17,20H,6-13,16H2,(H,27,30). The van der Waals surface area contributed by atoms with Crippen molar-refractivity contribution in [3.8, 4) is 0 Å². The van der Waals surface area contributed by atoms with E-state index in [1.165, 1.54) is 6.07 Å². The second-order valence-electron chi connectivity index (χ2n) is 8.63. The molecule has 3 heterocycles. The van der Waals surface area contributed by atoms with E-state index >= 15 is 0 Å². The maximum atomic E-state index is 13.0. The van der Waals surface area contributed by atoms with E-state index in [1.54, 1.807) is 11.3 Å². The number of carbonyl (C=O) groups excluding carboxylic acids is 1. The number of ether oxygens (including phenoxy) is 1. The topological polar surface area (TPSA) is 79.0 Å². The van der Waals surface area contributed by atoms with Crippen LogP contribution in [0.2, 0.25) is 0 Å². The van der Waals surface area contributed by atoms with Gasteiger partial charge in [-0.3, -0.25) is 9.69 Å². The lowest BCUT2D eigenvalue weighted by Crippen LogP contribution is -2.46. The van der Waals surface area contributed by atoms with Gasteiger partial charge in [0.1, 0.15) is 0 Å². The largest absolute Gasteiger partial charge is 0.416 e. The molecule has 0 radical (unpaired) electrons. The Morgan fingerprint density at radius 3 is 2.46 bits per heavy atom. The number of amides is 1. The number of thiophene rings is 1. The third kappa shape index (κ3) is 6.23. The van der Waals surface area contributed by atoms with Crippen LogP contribution in [0.1, 0.15) is 29.3 Å². The molecule has 4 rings (SSSR count). The lowest BCUT2D eigenvalue weighted by Gasteiger charge is -2.35. The van der Waals surface area contributed by atoms with Crippen molar-refractivity contribution in [2.24, 2.45) is 5.92 Å². The first kappa shape index (κ1) is 26.1. The van der Waals surface area contributed by atoms with Crippen molar-refractivity contribution in [3.05, 3.63) is 52.2 Å². The van der Waals surface area contributed by atoms with Crippen molar-refractivity contribution >= 4 is 27.3 Å². The number of benzene rings is 1. The van der Waals surface area contributed by atoms with Crippen LogP contribution in [0.4, 0.5) is 13.2 Å². The van der Waals surface area contributed by atoms with Crippen LogP contribution in [0.3, 0.4) is 0 Å². The van der Waals surface area contributed by atoms with E-state index in [-0.39, 0.29) is 35.9 Å². The molecule has 0 spiro atoms. The minimum Gasteiger partial charge on any atom is -0.379 e. The Morgan fingerprint density at radius 1 is 1.11 bits per heavy atom. The summed E-state index contributed by atoms with van der Waals surface area (Å²) in [5.74, 6) is -0.479. The van der Waals surface area contributed by atoms with E-state index in [0.29, 0.717) is 38.7 Å². The monoisotopic (exact) mass is 531 g/mol. The van der Waals surface area contributed by atoms with E-state index in [0.717, 1.165) is 34.4 Å². The lowest BCUT2D eigenvalue weighted by molar-refractivity contribution is -0.137. The number of sulfonamides is 1. The van der Waals surface area contributed by atoms with Crippen molar-refractivity contribution in [3.63, 3.8) is 0 Å². The number of halogens is 3. The highest BCUT2D eigenvalue weighted by atomic mass is 32.2. The third-order valence-corrected chi connectivity index (χ3v) is 9.32. The smallest absolute Gasteiger partial charge is 0.379 e. The number of piperidine rings is 1. The first-order valence-electron chi connectivity index (χ1n) is 11.5. The zero-order chi connectivity index (χ0) is 25.1. The fourth-order valence-corrected chi connectivity index (χ4v) is 6.84. The van der Waals surface area contributed by atoms with Gasteiger partial charge >= 0.3 is 6.18 Å². The zero-order valence-corrected chi connectivity index (χ0v) is 20.7. The SMILES string of the molecule is O=C(NCC(c1cccs1)N1CCOCC1)C1CCN(S(=O)(=O)c2cccc(C(F)(F)F)c2)CC1. The Bertz CT molecular complexity index is 1100. The molecule has 0 bridgehead atoms. The number of hydrogen-bond acceptors (Lipinski definition) is 6. The van der Waals surface area contributed by atoms with Crippen LogP contribution in [0, 0.1) is 5.92 Å². The Kier molecular flexibility index (Phi) is 8.16. The summed E-state index contributed by atoms with van der Waals surface area (Å²) in [4.78, 5) is 16.0. The average Bonchev–Trinajstić information content (AvgIpc) is 3.39. The van der Waals surface area contributed by atoms with E-state index in [9.17, 15) is 26.4 Å². The van der Waals surface area contributed by atoms with Crippen LogP contribution in [0.25, 0.3) is 0 Å². The van der Waals surface area contributed by atoms with Gasteiger partial charge in [0.15, 0.2) is 0 Å². The quantitative estimate of drug-likeness (QED) is 0.593. The fraction of sp³-hybridized carbons (Fsp3) is 0.522. The van der Waals surface area contributed by atoms with E-state index < -0.39 is 21.8 Å². The number of alkyl halides is 3. The van der Waals surface area contributed by atoms with Gasteiger partial charge in [0.05, 0.1) is 29.7 Å². The van der Waals surface area contributed by atoms with Crippen LogP contribution in [0.15, 0.2) is 46.7 Å². The molecule has 0 aliphatic carbocycles. The number of carbonyl (C=O) groups is 1. The number of nitrogens with one attached hydrogen (secondary N) is 1. The van der Waals surface area contributed by atoms with Crippen LogP contribution in [-0.4, -0.2) is 69.5 Å². The minimum absolute atomic E-state index is 0.0456. The Labute approximate surface area is 206 Å². The molecule has 0 saturated carbocycles. The highest BCUT2D eigenvalue weighted by Gasteiger charge is 2.35. The van der Waals surface area contributed by atoms with Crippen LogP contribution >= 0.6 is 11.3 Å². The minimum atomic E-state index is -4.63. The highest BCUT2D eigenvalue weighted by molar-refractivity contribution is 7.89. The molecular formula is C23H28F3N3O4S2. The van der Waals surface area contributed by atoms with Gasteiger partial charge < -0.3 is 10.1 Å². The van der Waals surface area contributed by atoms with Crippen molar-refractivity contribution in [1.82, 2.24) is 14.5 Å². The van der Waals surface area contributed by atoms with Crippen LogP contribution in [0.5, 0.6) is 0 Å². The second kappa shape index (κ2) is 11.0. The lowest BCUT2D eigenvalue weighted by atomic mass is 9.97. The summed E-state index contributed by atoms with van der Waals surface area (Å²) in [6, 6.07) is 7.84. The van der Waals surface area contributed by atoms with Gasteiger partial charge in [-0.25, -0.2) is 8.42 Å². The first-order chi connectivity index (χ1) is 16.7. The molecule has 35 heavy (non-hydrogen) atoms. The van der Waals surface area contributed by atoms with Gasteiger partial charge in [-0.2, -0.15) is 17.5 Å². The normalized spacial score (nSPS) is 20.0. The molecular weight excluding hydrogens is 503 g/mol. The van der Waals surface area contributed by atoms with Crippen molar-refractivity contribution in [2.75, 3.05) is 45.9 Å². The maximum Gasteiger partial charge on any atom is 0.416 e. The Hall–Kier alpha value is -1.99. The summed E-state index contributed by atoms with van der Waals surface area (Å²) in [6.07, 6.45) is -4.00. The van der Waals surface area contributed by atoms with E-state index in [4.69, 9.17) is 4.74 Å². The van der Waals surface area contributed by atoms with Gasteiger partial charge in [0.2, 0.25) is 15.9 Å². The molecule has 2 aliphatic rings. The predicted molar refractivity (Wildman–Crippen MR) is 125 cm³/mol. The number of nitrogens with zero attached hydrogens (tertiary/aromatic N) is 2. The molecule has 1 aromatic heterocycles. The summed E-state index contributed by atoms with van der Waals surface area (Å²) in [5.41, 5.74) is -1.01. The molecule has 2 fully saturated rings. The predicted octanol–water partition coefficient (Wildman–Crippen LogP) is 3.36. The number of morpholine rings is 1. The molecule has 1 aromatic carbocycles. The van der Waals surface area contributed by atoms with Crippen molar-refractivity contribution < 1.29 is 31.1 Å². The number of rotatable bonds is 7. The molecule has 1 atom stereocenters. The van der Waals surface area contributed by atoms with Crippen LogP contribution in [-0.2, 0) is 25.7 Å². The van der Waals surface area contributed by atoms with Gasteiger partial charge in [0, 0.05) is 43.5 Å². The second-order valence-corrected chi connectivity index (χ2v) is 11.5. The third-order valence-electron chi connectivity index (χ3n) is 6.45. The summed E-state index contributed by atoms with van der Waals surface area (Å²) in [6.45, 7) is 3.46. The molecule has 1 N–H and O–H groups in total. The molecule has 1 unspecified atom stereocenters. The molecule has 12 heteroatoms. The van der Waals surface area contributed by atoms with Crippen molar-refractivity contribution in [1.29, 1.82) is 0 Å². The average molecular weight is 532 g/mol.